The molecule has 3 aromatic rings. The van der Waals surface area contributed by atoms with Crippen molar-refractivity contribution in [1.29, 1.82) is 0 Å². The molecule has 0 unspecified atom stereocenters. The minimum Gasteiger partial charge on any atom is -0.466 e. The second-order valence-electron chi connectivity index (χ2n) is 6.40. The van der Waals surface area contributed by atoms with Crippen molar-refractivity contribution in [2.75, 3.05) is 7.11 Å². The molecule has 0 saturated carbocycles. The summed E-state index contributed by atoms with van der Waals surface area (Å²) in [5.74, 6) is 0.0739. The maximum absolute atomic E-state index is 13.2. The first kappa shape index (κ1) is 18.9. The van der Waals surface area contributed by atoms with Gasteiger partial charge in [-0.25, -0.2) is 9.79 Å². The molecule has 0 spiro atoms. The van der Waals surface area contributed by atoms with Crippen LogP contribution in [0.2, 0.25) is 0 Å². The molecule has 0 aliphatic carbocycles. The van der Waals surface area contributed by atoms with Gasteiger partial charge in [0.2, 0.25) is 0 Å². The Morgan fingerprint density at radius 3 is 2.72 bits per heavy atom. The van der Waals surface area contributed by atoms with Crippen LogP contribution in [0.1, 0.15) is 24.3 Å². The molecule has 2 aromatic heterocycles. The van der Waals surface area contributed by atoms with E-state index in [1.165, 1.54) is 23.0 Å². The smallest absolute Gasteiger partial charge is 0.338 e. The maximum Gasteiger partial charge on any atom is 0.338 e. The molecule has 0 radical (unpaired) electrons. The van der Waals surface area contributed by atoms with Gasteiger partial charge in [-0.3, -0.25) is 9.36 Å². The summed E-state index contributed by atoms with van der Waals surface area (Å²) in [4.78, 5) is 30.6. The van der Waals surface area contributed by atoms with Crippen LogP contribution < -0.4 is 14.9 Å². The molecule has 0 bridgehead atoms. The second kappa shape index (κ2) is 7.89. The minimum absolute atomic E-state index is 0.234. The average molecular weight is 406 g/mol. The number of aromatic nitrogens is 1. The summed E-state index contributed by atoms with van der Waals surface area (Å²) in [5, 5.41) is 0. The molecule has 3 heterocycles. The number of ether oxygens (including phenoxy) is 1. The van der Waals surface area contributed by atoms with Crippen molar-refractivity contribution in [2.45, 2.75) is 13.0 Å². The highest BCUT2D eigenvalue weighted by Crippen LogP contribution is 2.26. The number of fused-ring (bicyclic) bond motifs is 1. The lowest BCUT2D eigenvalue weighted by Crippen LogP contribution is -2.38. The van der Waals surface area contributed by atoms with E-state index in [9.17, 15) is 9.59 Å². The molecule has 0 N–H and O–H groups in total. The largest absolute Gasteiger partial charge is 0.466 e. The van der Waals surface area contributed by atoms with Crippen LogP contribution in [0.4, 0.5) is 0 Å². The molecular formula is C22H18N2O4S. The molecule has 1 aromatic carbocycles. The topological polar surface area (TPSA) is 73.8 Å². The van der Waals surface area contributed by atoms with Gasteiger partial charge in [0.05, 0.1) is 35.2 Å². The quantitative estimate of drug-likeness (QED) is 0.625. The summed E-state index contributed by atoms with van der Waals surface area (Å²) >= 11 is 1.26. The standard InChI is InChI=1S/C22H18N2O4S/c1-14-19(21(26)27-2)17(11-10-15-7-4-3-5-8-15)24-20(25)18(29-22(24)23-14)13-16-9-6-12-28-16/h3-13,17H,1-2H3/b11-10-,18-13?/t17-/m0/s1. The molecule has 1 aliphatic rings. The van der Waals surface area contributed by atoms with E-state index in [0.29, 0.717) is 26.4 Å². The number of hydrogen-bond acceptors (Lipinski definition) is 6. The Balaban J connectivity index is 1.89. The summed E-state index contributed by atoms with van der Waals surface area (Å²) in [6.45, 7) is 1.75. The van der Waals surface area contributed by atoms with E-state index in [4.69, 9.17) is 9.15 Å². The van der Waals surface area contributed by atoms with Crippen molar-refractivity contribution < 1.29 is 13.9 Å². The van der Waals surface area contributed by atoms with Crippen LogP contribution in [0, 0.1) is 0 Å². The Morgan fingerprint density at radius 2 is 2.03 bits per heavy atom. The van der Waals surface area contributed by atoms with E-state index in [0.717, 1.165) is 5.56 Å². The first-order valence-corrected chi connectivity index (χ1v) is 9.78. The van der Waals surface area contributed by atoms with Crippen molar-refractivity contribution in [1.82, 2.24) is 4.57 Å². The van der Waals surface area contributed by atoms with Crippen LogP contribution in [0.15, 0.2) is 80.3 Å². The fourth-order valence-corrected chi connectivity index (χ4v) is 4.22. The third-order valence-electron chi connectivity index (χ3n) is 4.56. The number of carbonyl (C=O) groups is 1. The van der Waals surface area contributed by atoms with Crippen LogP contribution in [-0.2, 0) is 9.53 Å². The summed E-state index contributed by atoms with van der Waals surface area (Å²) in [6.07, 6.45) is 6.94. The Morgan fingerprint density at radius 1 is 1.24 bits per heavy atom. The molecule has 1 atom stereocenters. The van der Waals surface area contributed by atoms with Gasteiger partial charge in [0.1, 0.15) is 5.76 Å². The van der Waals surface area contributed by atoms with Crippen molar-refractivity contribution >= 4 is 29.5 Å². The summed E-state index contributed by atoms with van der Waals surface area (Å²) in [7, 11) is 1.32. The maximum atomic E-state index is 13.2. The SMILES string of the molecule is COC(=O)C1=C(C)N=c2sc(=Cc3ccco3)c(=O)n2[C@H]1/C=C\c1ccccc1. The zero-order valence-electron chi connectivity index (χ0n) is 15.9. The van der Waals surface area contributed by atoms with Crippen molar-refractivity contribution in [3.05, 3.63) is 97.1 Å². The van der Waals surface area contributed by atoms with Gasteiger partial charge in [0.25, 0.3) is 5.56 Å². The van der Waals surface area contributed by atoms with Gasteiger partial charge in [0, 0.05) is 6.08 Å². The van der Waals surface area contributed by atoms with E-state index in [2.05, 4.69) is 4.99 Å². The highest BCUT2D eigenvalue weighted by molar-refractivity contribution is 7.07. The van der Waals surface area contributed by atoms with E-state index in [1.807, 2.05) is 42.5 Å². The monoisotopic (exact) mass is 406 g/mol. The van der Waals surface area contributed by atoms with Crippen molar-refractivity contribution in [2.24, 2.45) is 4.99 Å². The first-order chi connectivity index (χ1) is 14.1. The number of benzene rings is 1. The number of methoxy groups -OCH3 is 1. The summed E-state index contributed by atoms with van der Waals surface area (Å²) in [5.41, 5.74) is 1.60. The fourth-order valence-electron chi connectivity index (χ4n) is 3.19. The van der Waals surface area contributed by atoms with Crippen molar-refractivity contribution in [3.63, 3.8) is 0 Å². The van der Waals surface area contributed by atoms with Crippen LogP contribution in [-0.4, -0.2) is 17.6 Å². The van der Waals surface area contributed by atoms with Gasteiger partial charge in [0.15, 0.2) is 4.80 Å². The number of hydrogen-bond donors (Lipinski definition) is 0. The minimum atomic E-state index is -0.613. The van der Waals surface area contributed by atoms with Gasteiger partial charge in [-0.1, -0.05) is 53.8 Å². The van der Waals surface area contributed by atoms with Gasteiger partial charge < -0.3 is 9.15 Å². The number of carbonyl (C=O) groups excluding carboxylic acids is 1. The average Bonchev–Trinajstić information content (AvgIpc) is 3.34. The third-order valence-corrected chi connectivity index (χ3v) is 5.54. The molecule has 0 saturated heterocycles. The molecular weight excluding hydrogens is 388 g/mol. The fraction of sp³-hybridized carbons (Fsp3) is 0.136. The Kier molecular flexibility index (Phi) is 5.14. The lowest BCUT2D eigenvalue weighted by molar-refractivity contribution is -0.136. The number of nitrogens with zero attached hydrogens (tertiary/aromatic N) is 2. The molecule has 1 aliphatic heterocycles. The zero-order chi connectivity index (χ0) is 20.4. The first-order valence-electron chi connectivity index (χ1n) is 8.96. The summed E-state index contributed by atoms with van der Waals surface area (Å²) < 4.78 is 12.3. The van der Waals surface area contributed by atoms with E-state index >= 15 is 0 Å². The number of allylic oxidation sites excluding steroid dienone is 2. The predicted octanol–water partition coefficient (Wildman–Crippen LogP) is 2.67. The lowest BCUT2D eigenvalue weighted by Gasteiger charge is -2.21. The van der Waals surface area contributed by atoms with Gasteiger partial charge in [-0.2, -0.15) is 0 Å². The Hall–Kier alpha value is -3.45. The lowest BCUT2D eigenvalue weighted by atomic mass is 10.0. The van der Waals surface area contributed by atoms with E-state index < -0.39 is 12.0 Å². The Bertz CT molecular complexity index is 1280. The highest BCUT2D eigenvalue weighted by atomic mass is 32.1. The molecule has 0 amide bonds. The van der Waals surface area contributed by atoms with E-state index in [-0.39, 0.29) is 5.56 Å². The normalized spacial score (nSPS) is 16.8. The second-order valence-corrected chi connectivity index (χ2v) is 7.41. The number of rotatable bonds is 4. The van der Waals surface area contributed by atoms with Crippen LogP contribution >= 0.6 is 11.3 Å². The van der Waals surface area contributed by atoms with Crippen LogP contribution in [0.5, 0.6) is 0 Å². The summed E-state index contributed by atoms with van der Waals surface area (Å²) in [6, 6.07) is 12.6. The van der Waals surface area contributed by atoms with Gasteiger partial charge in [-0.05, 0) is 24.6 Å². The molecule has 6 nitrogen and oxygen atoms in total. The molecule has 29 heavy (non-hydrogen) atoms. The van der Waals surface area contributed by atoms with Gasteiger partial charge in [-0.15, -0.1) is 0 Å². The predicted molar refractivity (Wildman–Crippen MR) is 111 cm³/mol. The van der Waals surface area contributed by atoms with Crippen LogP contribution in [0.3, 0.4) is 0 Å². The number of esters is 1. The number of thiazole rings is 1. The van der Waals surface area contributed by atoms with E-state index in [1.54, 1.807) is 31.4 Å². The molecule has 4 rings (SSSR count). The van der Waals surface area contributed by atoms with Crippen LogP contribution in [0.25, 0.3) is 12.2 Å². The Labute approximate surface area is 170 Å². The highest BCUT2D eigenvalue weighted by Gasteiger charge is 2.30. The number of furan rings is 1. The van der Waals surface area contributed by atoms with Crippen molar-refractivity contribution in [3.8, 4) is 0 Å². The molecule has 146 valence electrons. The third kappa shape index (κ3) is 3.64. The molecule has 0 fully saturated rings. The molecule has 7 heteroatoms. The zero-order valence-corrected chi connectivity index (χ0v) is 16.7. The van der Waals surface area contributed by atoms with Gasteiger partial charge >= 0.3 is 5.97 Å².